The summed E-state index contributed by atoms with van der Waals surface area (Å²) in [4.78, 5) is 14.0. The fourth-order valence-electron chi connectivity index (χ4n) is 1.07. The van der Waals surface area contributed by atoms with Crippen molar-refractivity contribution in [1.82, 2.24) is 0 Å². The Morgan fingerprint density at radius 2 is 2.13 bits per heavy atom. The van der Waals surface area contributed by atoms with Crippen LogP contribution in [0.1, 0.15) is 22.3 Å². The largest absolute Gasteiger partial charge is 0.294 e. The molecule has 0 amide bonds. The number of rotatable bonds is 4. The lowest BCUT2D eigenvalue weighted by Gasteiger charge is -1.97. The molecule has 1 aromatic carbocycles. The average molecular weight is 200 g/mol. The minimum atomic E-state index is -0.0908. The summed E-state index contributed by atoms with van der Waals surface area (Å²) < 4.78 is 0. The summed E-state index contributed by atoms with van der Waals surface area (Å²) in [6.07, 6.45) is 0.190. The normalized spacial score (nSPS) is 8.73. The van der Waals surface area contributed by atoms with Crippen LogP contribution in [0.3, 0.4) is 0 Å². The van der Waals surface area contributed by atoms with Gasteiger partial charge in [0, 0.05) is 23.4 Å². The number of carbonyl (C=O) groups excluding carboxylic acids is 1. The Labute approximate surface area is 86.6 Å². The van der Waals surface area contributed by atoms with Gasteiger partial charge in [-0.05, 0) is 17.7 Å². The number of Topliss-reactive ketones (excluding diaryl/α,β-unsaturated/α-hetero) is 1. The molecule has 0 saturated heterocycles. The lowest BCUT2D eigenvalue weighted by Crippen LogP contribution is -2.00. The van der Waals surface area contributed by atoms with Crippen LogP contribution in [-0.4, -0.2) is 12.3 Å². The molecule has 5 heteroatoms. The number of nitriles is 1. The first-order valence-electron chi connectivity index (χ1n) is 4.32. The van der Waals surface area contributed by atoms with E-state index in [9.17, 15) is 4.79 Å². The minimum Gasteiger partial charge on any atom is -0.294 e. The molecule has 5 nitrogen and oxygen atoms in total. The maximum absolute atomic E-state index is 11.5. The third-order valence-corrected chi connectivity index (χ3v) is 1.84. The van der Waals surface area contributed by atoms with Gasteiger partial charge in [0.1, 0.15) is 0 Å². The first-order valence-corrected chi connectivity index (χ1v) is 4.32. The SMILES string of the molecule is N#Cc1ccc(C(=O)CCN=[N+]=[N-])cc1. The molecule has 0 radical (unpaired) electrons. The van der Waals surface area contributed by atoms with Gasteiger partial charge in [0.25, 0.3) is 0 Å². The molecule has 1 aromatic rings. The van der Waals surface area contributed by atoms with E-state index in [-0.39, 0.29) is 18.7 Å². The highest BCUT2D eigenvalue weighted by Gasteiger charge is 2.04. The van der Waals surface area contributed by atoms with Gasteiger partial charge in [-0.2, -0.15) is 5.26 Å². The number of azide groups is 1. The zero-order valence-corrected chi connectivity index (χ0v) is 7.92. The van der Waals surface area contributed by atoms with E-state index in [1.807, 2.05) is 6.07 Å². The van der Waals surface area contributed by atoms with Crippen LogP contribution >= 0.6 is 0 Å². The maximum Gasteiger partial charge on any atom is 0.163 e. The number of ketones is 1. The molecular formula is C10H8N4O. The topological polar surface area (TPSA) is 89.6 Å². The van der Waals surface area contributed by atoms with Crippen LogP contribution in [0.15, 0.2) is 29.4 Å². The lowest BCUT2D eigenvalue weighted by atomic mass is 10.1. The van der Waals surface area contributed by atoms with E-state index in [2.05, 4.69) is 10.0 Å². The fourth-order valence-corrected chi connectivity index (χ4v) is 1.07. The zero-order valence-electron chi connectivity index (χ0n) is 7.92. The van der Waals surface area contributed by atoms with Gasteiger partial charge in [0.2, 0.25) is 0 Å². The molecule has 0 saturated carbocycles. The van der Waals surface area contributed by atoms with Gasteiger partial charge in [-0.25, -0.2) is 0 Å². The van der Waals surface area contributed by atoms with Crippen molar-refractivity contribution in [2.45, 2.75) is 6.42 Å². The fraction of sp³-hybridized carbons (Fsp3) is 0.200. The molecule has 1 rings (SSSR count). The van der Waals surface area contributed by atoms with Crippen molar-refractivity contribution in [3.05, 3.63) is 45.8 Å². The van der Waals surface area contributed by atoms with E-state index >= 15 is 0 Å². The van der Waals surface area contributed by atoms with Gasteiger partial charge >= 0.3 is 0 Å². The monoisotopic (exact) mass is 200 g/mol. The second-order valence-corrected chi connectivity index (χ2v) is 2.82. The van der Waals surface area contributed by atoms with Crippen molar-refractivity contribution >= 4 is 5.78 Å². The van der Waals surface area contributed by atoms with Gasteiger partial charge < -0.3 is 0 Å². The first kappa shape index (κ1) is 10.8. The molecule has 74 valence electrons. The second kappa shape index (κ2) is 5.43. The van der Waals surface area contributed by atoms with Crippen molar-refractivity contribution < 1.29 is 4.79 Å². The van der Waals surface area contributed by atoms with Crippen LogP contribution in [0.4, 0.5) is 0 Å². The van der Waals surface area contributed by atoms with Crippen molar-refractivity contribution in [2.75, 3.05) is 6.54 Å². The molecule has 0 aliphatic rings. The van der Waals surface area contributed by atoms with E-state index in [0.29, 0.717) is 11.1 Å². The number of carbonyl (C=O) groups is 1. The van der Waals surface area contributed by atoms with Crippen LogP contribution in [0.5, 0.6) is 0 Å². The van der Waals surface area contributed by atoms with Crippen molar-refractivity contribution in [3.63, 3.8) is 0 Å². The molecule has 0 atom stereocenters. The highest BCUT2D eigenvalue weighted by atomic mass is 16.1. The number of hydrogen-bond acceptors (Lipinski definition) is 3. The highest BCUT2D eigenvalue weighted by Crippen LogP contribution is 2.06. The summed E-state index contributed by atoms with van der Waals surface area (Å²) in [5.74, 6) is -0.0908. The van der Waals surface area contributed by atoms with Gasteiger partial charge in [-0.3, -0.25) is 4.79 Å². The number of hydrogen-bond donors (Lipinski definition) is 0. The van der Waals surface area contributed by atoms with Crippen LogP contribution in [0.25, 0.3) is 10.4 Å². The Balaban J connectivity index is 2.66. The van der Waals surface area contributed by atoms with Crippen LogP contribution in [0.2, 0.25) is 0 Å². The van der Waals surface area contributed by atoms with Crippen molar-refractivity contribution in [1.29, 1.82) is 5.26 Å². The molecule has 0 aliphatic heterocycles. The molecular weight excluding hydrogens is 192 g/mol. The highest BCUT2D eigenvalue weighted by molar-refractivity contribution is 5.96. The third-order valence-electron chi connectivity index (χ3n) is 1.84. The standard InChI is InChI=1S/C10H8N4O/c11-7-8-1-3-9(4-2-8)10(15)5-6-13-14-12/h1-4H,5-6H2. The summed E-state index contributed by atoms with van der Waals surface area (Å²) in [7, 11) is 0. The summed E-state index contributed by atoms with van der Waals surface area (Å²) >= 11 is 0. The Hall–Kier alpha value is -2.31. The Morgan fingerprint density at radius 3 is 2.67 bits per heavy atom. The zero-order chi connectivity index (χ0) is 11.1. The summed E-state index contributed by atoms with van der Waals surface area (Å²) in [5.41, 5.74) is 9.07. The first-order chi connectivity index (χ1) is 7.27. The average Bonchev–Trinajstić information content (AvgIpc) is 2.29. The van der Waals surface area contributed by atoms with Crippen LogP contribution in [-0.2, 0) is 0 Å². The summed E-state index contributed by atoms with van der Waals surface area (Å²) in [6, 6.07) is 8.32. The molecule has 0 fully saturated rings. The smallest absolute Gasteiger partial charge is 0.163 e. The summed E-state index contributed by atoms with van der Waals surface area (Å²) in [6.45, 7) is 0.162. The van der Waals surface area contributed by atoms with E-state index in [1.165, 1.54) is 0 Å². The van der Waals surface area contributed by atoms with Gasteiger partial charge in [-0.1, -0.05) is 17.2 Å². The van der Waals surface area contributed by atoms with Gasteiger partial charge in [0.15, 0.2) is 5.78 Å². The number of benzene rings is 1. The van der Waals surface area contributed by atoms with Crippen LogP contribution < -0.4 is 0 Å². The minimum absolute atomic E-state index is 0.0908. The predicted octanol–water partition coefficient (Wildman–Crippen LogP) is 2.44. The second-order valence-electron chi connectivity index (χ2n) is 2.82. The molecule has 0 aromatic heterocycles. The third kappa shape index (κ3) is 3.14. The van der Waals surface area contributed by atoms with Gasteiger partial charge in [-0.15, -0.1) is 0 Å². The predicted molar refractivity (Wildman–Crippen MR) is 54.1 cm³/mol. The van der Waals surface area contributed by atoms with E-state index in [1.54, 1.807) is 24.3 Å². The molecule has 0 bridgehead atoms. The van der Waals surface area contributed by atoms with E-state index in [0.717, 1.165) is 0 Å². The molecule has 0 unspecified atom stereocenters. The Bertz CT molecular complexity index is 437. The Kier molecular flexibility index (Phi) is 3.90. The Morgan fingerprint density at radius 1 is 1.47 bits per heavy atom. The molecule has 0 aliphatic carbocycles. The molecule has 0 spiro atoms. The van der Waals surface area contributed by atoms with E-state index in [4.69, 9.17) is 10.8 Å². The summed E-state index contributed by atoms with van der Waals surface area (Å²) in [5, 5.41) is 11.8. The lowest BCUT2D eigenvalue weighted by molar-refractivity contribution is 0.0985. The molecule has 15 heavy (non-hydrogen) atoms. The van der Waals surface area contributed by atoms with Crippen LogP contribution in [0, 0.1) is 11.3 Å². The van der Waals surface area contributed by atoms with Crippen molar-refractivity contribution in [3.8, 4) is 6.07 Å². The molecule has 0 N–H and O–H groups in total. The van der Waals surface area contributed by atoms with E-state index < -0.39 is 0 Å². The molecule has 0 heterocycles. The van der Waals surface area contributed by atoms with Crippen molar-refractivity contribution in [2.24, 2.45) is 5.11 Å². The maximum atomic E-state index is 11.5. The quantitative estimate of drug-likeness (QED) is 0.323. The van der Waals surface area contributed by atoms with Gasteiger partial charge in [0.05, 0.1) is 11.6 Å². The number of nitrogens with zero attached hydrogens (tertiary/aromatic N) is 4.